The Hall–Kier alpha value is -2.24. The van der Waals surface area contributed by atoms with E-state index in [4.69, 9.17) is 9.47 Å². The summed E-state index contributed by atoms with van der Waals surface area (Å²) in [5, 5.41) is 5.50. The predicted octanol–water partition coefficient (Wildman–Crippen LogP) is 1.95. The molecule has 0 saturated heterocycles. The normalized spacial score (nSPS) is 13.4. The van der Waals surface area contributed by atoms with Crippen molar-refractivity contribution in [2.45, 2.75) is 27.2 Å². The third-order valence-electron chi connectivity index (χ3n) is 3.47. The molecule has 0 saturated carbocycles. The number of hydrogen-bond donors (Lipinski definition) is 2. The zero-order valence-corrected chi connectivity index (χ0v) is 13.2. The molecule has 1 aliphatic heterocycles. The first-order chi connectivity index (χ1) is 10.4. The maximum Gasteiger partial charge on any atom is 0.239 e. The zero-order valence-electron chi connectivity index (χ0n) is 13.2. The molecule has 0 aromatic heterocycles. The van der Waals surface area contributed by atoms with Crippen LogP contribution in [0.1, 0.15) is 27.2 Å². The van der Waals surface area contributed by atoms with Gasteiger partial charge in [0.2, 0.25) is 11.8 Å². The lowest BCUT2D eigenvalue weighted by atomic mass is 9.91. The van der Waals surface area contributed by atoms with Crippen LogP contribution in [0.25, 0.3) is 0 Å². The Balaban J connectivity index is 2.06. The standard InChI is InChI=1S/C16H22N2O4/c1-4-7-17-14(19)16(2,3)15(20)18-11-5-6-12-13(10-11)22-9-8-21-12/h5-6,10H,4,7-9H2,1-3H3,(H,17,19)(H,18,20). The van der Waals surface area contributed by atoms with Crippen molar-refractivity contribution in [3.8, 4) is 11.5 Å². The Labute approximate surface area is 130 Å². The smallest absolute Gasteiger partial charge is 0.239 e. The Morgan fingerprint density at radius 2 is 1.82 bits per heavy atom. The summed E-state index contributed by atoms with van der Waals surface area (Å²) in [4.78, 5) is 24.4. The maximum atomic E-state index is 12.4. The quantitative estimate of drug-likeness (QED) is 0.815. The van der Waals surface area contributed by atoms with Crippen LogP contribution < -0.4 is 20.1 Å². The molecule has 22 heavy (non-hydrogen) atoms. The molecule has 0 aliphatic carbocycles. The Kier molecular flexibility index (Phi) is 4.90. The SMILES string of the molecule is CCCNC(=O)C(C)(C)C(=O)Nc1ccc2c(c1)OCCO2. The fourth-order valence-electron chi connectivity index (χ4n) is 1.97. The summed E-state index contributed by atoms with van der Waals surface area (Å²) in [5.41, 5.74) is -0.576. The summed E-state index contributed by atoms with van der Waals surface area (Å²) in [5.74, 6) is 0.601. The van der Waals surface area contributed by atoms with Crippen LogP contribution in [-0.2, 0) is 9.59 Å². The molecular formula is C16H22N2O4. The van der Waals surface area contributed by atoms with Crippen LogP contribution in [0.2, 0.25) is 0 Å². The molecule has 2 N–H and O–H groups in total. The van der Waals surface area contributed by atoms with Gasteiger partial charge in [-0.3, -0.25) is 9.59 Å². The van der Waals surface area contributed by atoms with Gasteiger partial charge in [-0.25, -0.2) is 0 Å². The Bertz CT molecular complexity index is 569. The number of rotatable bonds is 5. The van der Waals surface area contributed by atoms with Gasteiger partial charge in [0.15, 0.2) is 11.5 Å². The predicted molar refractivity (Wildman–Crippen MR) is 83.1 cm³/mol. The fraction of sp³-hybridized carbons (Fsp3) is 0.500. The molecule has 0 unspecified atom stereocenters. The first kappa shape index (κ1) is 16.1. The monoisotopic (exact) mass is 306 g/mol. The Morgan fingerprint density at radius 1 is 1.14 bits per heavy atom. The van der Waals surface area contributed by atoms with Crippen molar-refractivity contribution in [2.75, 3.05) is 25.1 Å². The number of ether oxygens (including phenoxy) is 2. The van der Waals surface area contributed by atoms with Gasteiger partial charge in [-0.15, -0.1) is 0 Å². The van der Waals surface area contributed by atoms with Crippen molar-refractivity contribution in [3.05, 3.63) is 18.2 Å². The number of hydrogen-bond acceptors (Lipinski definition) is 4. The number of carbonyl (C=O) groups excluding carboxylic acids is 2. The van der Waals surface area contributed by atoms with E-state index in [0.29, 0.717) is 36.9 Å². The number of fused-ring (bicyclic) bond motifs is 1. The van der Waals surface area contributed by atoms with Gasteiger partial charge in [0.25, 0.3) is 0 Å². The minimum absolute atomic E-state index is 0.288. The lowest BCUT2D eigenvalue weighted by Crippen LogP contribution is -2.45. The molecular weight excluding hydrogens is 284 g/mol. The van der Waals surface area contributed by atoms with Crippen LogP contribution in [0.5, 0.6) is 11.5 Å². The molecule has 0 bridgehead atoms. The molecule has 1 aromatic rings. The van der Waals surface area contributed by atoms with E-state index in [2.05, 4.69) is 10.6 Å². The Morgan fingerprint density at radius 3 is 2.50 bits per heavy atom. The van der Waals surface area contributed by atoms with E-state index < -0.39 is 5.41 Å². The number of benzene rings is 1. The molecule has 0 fully saturated rings. The van der Waals surface area contributed by atoms with Crippen LogP contribution in [0, 0.1) is 5.41 Å². The second kappa shape index (κ2) is 6.68. The molecule has 1 aromatic carbocycles. The van der Waals surface area contributed by atoms with Crippen LogP contribution >= 0.6 is 0 Å². The summed E-state index contributed by atoms with van der Waals surface area (Å²) >= 11 is 0. The minimum Gasteiger partial charge on any atom is -0.486 e. The summed E-state index contributed by atoms with van der Waals surface area (Å²) in [6, 6.07) is 5.17. The van der Waals surface area contributed by atoms with Gasteiger partial charge in [-0.1, -0.05) is 6.92 Å². The van der Waals surface area contributed by atoms with E-state index in [1.807, 2.05) is 6.92 Å². The first-order valence-electron chi connectivity index (χ1n) is 7.44. The van der Waals surface area contributed by atoms with Crippen molar-refractivity contribution in [3.63, 3.8) is 0 Å². The number of nitrogens with one attached hydrogen (secondary N) is 2. The molecule has 1 aliphatic rings. The van der Waals surface area contributed by atoms with E-state index in [1.165, 1.54) is 0 Å². The lowest BCUT2D eigenvalue weighted by molar-refractivity contribution is -0.138. The van der Waals surface area contributed by atoms with E-state index in [0.717, 1.165) is 6.42 Å². The highest BCUT2D eigenvalue weighted by Crippen LogP contribution is 2.33. The highest BCUT2D eigenvalue weighted by Gasteiger charge is 2.35. The average molecular weight is 306 g/mol. The number of anilines is 1. The van der Waals surface area contributed by atoms with Gasteiger partial charge in [0, 0.05) is 18.3 Å². The van der Waals surface area contributed by atoms with Crippen LogP contribution in [0.3, 0.4) is 0 Å². The molecule has 6 heteroatoms. The molecule has 1 heterocycles. The highest BCUT2D eigenvalue weighted by atomic mass is 16.6. The molecule has 0 spiro atoms. The van der Waals surface area contributed by atoms with Gasteiger partial charge in [-0.2, -0.15) is 0 Å². The van der Waals surface area contributed by atoms with Gasteiger partial charge in [-0.05, 0) is 32.4 Å². The molecule has 0 radical (unpaired) electrons. The second-order valence-electron chi connectivity index (χ2n) is 5.69. The summed E-state index contributed by atoms with van der Waals surface area (Å²) < 4.78 is 10.9. The number of carbonyl (C=O) groups is 2. The van der Waals surface area contributed by atoms with Gasteiger partial charge in [0.1, 0.15) is 18.6 Å². The molecule has 2 rings (SSSR count). The topological polar surface area (TPSA) is 76.7 Å². The molecule has 6 nitrogen and oxygen atoms in total. The van der Waals surface area contributed by atoms with E-state index in [1.54, 1.807) is 32.0 Å². The summed E-state index contributed by atoms with van der Waals surface area (Å²) in [6.07, 6.45) is 0.825. The van der Waals surface area contributed by atoms with Crippen LogP contribution in [0.4, 0.5) is 5.69 Å². The molecule has 0 atom stereocenters. The van der Waals surface area contributed by atoms with E-state index in [9.17, 15) is 9.59 Å². The summed E-state index contributed by atoms with van der Waals surface area (Å²) in [6.45, 7) is 6.72. The molecule has 120 valence electrons. The fourth-order valence-corrected chi connectivity index (χ4v) is 1.97. The van der Waals surface area contributed by atoms with Crippen molar-refractivity contribution >= 4 is 17.5 Å². The van der Waals surface area contributed by atoms with Crippen LogP contribution in [-0.4, -0.2) is 31.6 Å². The average Bonchev–Trinajstić information content (AvgIpc) is 2.52. The summed E-state index contributed by atoms with van der Waals surface area (Å²) in [7, 11) is 0. The van der Waals surface area contributed by atoms with E-state index >= 15 is 0 Å². The van der Waals surface area contributed by atoms with Gasteiger partial charge < -0.3 is 20.1 Å². The van der Waals surface area contributed by atoms with Gasteiger partial charge >= 0.3 is 0 Å². The maximum absolute atomic E-state index is 12.4. The third kappa shape index (κ3) is 3.50. The van der Waals surface area contributed by atoms with Crippen molar-refractivity contribution < 1.29 is 19.1 Å². The first-order valence-corrected chi connectivity index (χ1v) is 7.44. The minimum atomic E-state index is -1.15. The lowest BCUT2D eigenvalue weighted by Gasteiger charge is -2.23. The van der Waals surface area contributed by atoms with E-state index in [-0.39, 0.29) is 11.8 Å². The second-order valence-corrected chi connectivity index (χ2v) is 5.69. The number of amides is 2. The zero-order chi connectivity index (χ0) is 16.2. The molecule has 2 amide bonds. The van der Waals surface area contributed by atoms with Gasteiger partial charge in [0.05, 0.1) is 0 Å². The van der Waals surface area contributed by atoms with Crippen molar-refractivity contribution in [1.29, 1.82) is 0 Å². The van der Waals surface area contributed by atoms with Crippen molar-refractivity contribution in [1.82, 2.24) is 5.32 Å². The third-order valence-corrected chi connectivity index (χ3v) is 3.47. The highest BCUT2D eigenvalue weighted by molar-refractivity contribution is 6.09. The largest absolute Gasteiger partial charge is 0.486 e. The van der Waals surface area contributed by atoms with Crippen LogP contribution in [0.15, 0.2) is 18.2 Å². The van der Waals surface area contributed by atoms with Crippen molar-refractivity contribution in [2.24, 2.45) is 5.41 Å².